The molecule has 2 heterocycles. The number of hydrogen-bond donors (Lipinski definition) is 1. The Morgan fingerprint density at radius 2 is 2.22 bits per heavy atom. The highest BCUT2D eigenvalue weighted by molar-refractivity contribution is 9.10. The van der Waals surface area contributed by atoms with Crippen LogP contribution in [0.1, 0.15) is 19.3 Å². The predicted molar refractivity (Wildman–Crippen MR) is 80.3 cm³/mol. The summed E-state index contributed by atoms with van der Waals surface area (Å²) in [5.41, 5.74) is 0. The maximum absolute atomic E-state index is 5.86. The lowest BCUT2D eigenvalue weighted by atomic mass is 9.94. The standard InChI is InChI=1S/C13H19BrClN3/c1-18-6-3-10(4-7-18)2-5-16-13-12(14)8-11(15)9-17-13/h8-10H,2-7H2,1H3,(H,16,17). The number of nitrogens with one attached hydrogen (secondary N) is 1. The van der Waals surface area contributed by atoms with Crippen molar-refractivity contribution in [3.8, 4) is 0 Å². The molecule has 1 saturated heterocycles. The van der Waals surface area contributed by atoms with Gasteiger partial charge in [0.25, 0.3) is 0 Å². The summed E-state index contributed by atoms with van der Waals surface area (Å²) in [5, 5.41) is 4.02. The van der Waals surface area contributed by atoms with E-state index < -0.39 is 0 Å². The van der Waals surface area contributed by atoms with Crippen LogP contribution in [0.25, 0.3) is 0 Å². The van der Waals surface area contributed by atoms with Gasteiger partial charge in [0, 0.05) is 12.7 Å². The number of piperidine rings is 1. The molecule has 0 radical (unpaired) electrons. The van der Waals surface area contributed by atoms with E-state index in [4.69, 9.17) is 11.6 Å². The second-order valence-electron chi connectivity index (χ2n) is 4.95. The van der Waals surface area contributed by atoms with Gasteiger partial charge in [0.15, 0.2) is 0 Å². The van der Waals surface area contributed by atoms with Crippen molar-refractivity contribution in [2.75, 3.05) is 32.0 Å². The minimum atomic E-state index is 0.655. The molecule has 0 aliphatic carbocycles. The largest absolute Gasteiger partial charge is 0.369 e. The third-order valence-corrected chi connectivity index (χ3v) is 4.30. The normalized spacial score (nSPS) is 17.9. The van der Waals surface area contributed by atoms with Gasteiger partial charge in [-0.2, -0.15) is 0 Å². The molecule has 1 fully saturated rings. The lowest BCUT2D eigenvalue weighted by Crippen LogP contribution is -2.30. The first-order chi connectivity index (χ1) is 8.65. The maximum Gasteiger partial charge on any atom is 0.140 e. The molecule has 1 aromatic heterocycles. The maximum atomic E-state index is 5.86. The van der Waals surface area contributed by atoms with E-state index in [-0.39, 0.29) is 0 Å². The van der Waals surface area contributed by atoms with E-state index in [2.05, 4.69) is 38.2 Å². The highest BCUT2D eigenvalue weighted by Crippen LogP contribution is 2.24. The van der Waals surface area contributed by atoms with Gasteiger partial charge in [0.2, 0.25) is 0 Å². The van der Waals surface area contributed by atoms with E-state index in [9.17, 15) is 0 Å². The molecular formula is C13H19BrClN3. The van der Waals surface area contributed by atoms with E-state index >= 15 is 0 Å². The molecular weight excluding hydrogens is 314 g/mol. The molecule has 0 saturated carbocycles. The van der Waals surface area contributed by atoms with Crippen LogP contribution >= 0.6 is 27.5 Å². The molecule has 5 heteroatoms. The molecule has 0 unspecified atom stereocenters. The van der Waals surface area contributed by atoms with Crippen molar-refractivity contribution in [3.05, 3.63) is 21.8 Å². The summed E-state index contributed by atoms with van der Waals surface area (Å²) in [6.07, 6.45) is 5.51. The number of aromatic nitrogens is 1. The molecule has 100 valence electrons. The summed E-state index contributed by atoms with van der Waals surface area (Å²) in [6, 6.07) is 1.87. The van der Waals surface area contributed by atoms with E-state index in [1.54, 1.807) is 6.20 Å². The molecule has 1 aromatic rings. The molecule has 0 bridgehead atoms. The van der Waals surface area contributed by atoms with Gasteiger partial charge in [-0.05, 0) is 67.3 Å². The van der Waals surface area contributed by atoms with Crippen molar-refractivity contribution < 1.29 is 0 Å². The van der Waals surface area contributed by atoms with Crippen molar-refractivity contribution in [2.24, 2.45) is 5.92 Å². The Bertz CT molecular complexity index is 392. The van der Waals surface area contributed by atoms with Gasteiger partial charge in [-0.25, -0.2) is 4.98 Å². The fourth-order valence-electron chi connectivity index (χ4n) is 2.29. The molecule has 0 aromatic carbocycles. The van der Waals surface area contributed by atoms with Gasteiger partial charge in [-0.3, -0.25) is 0 Å². The fourth-order valence-corrected chi connectivity index (χ4v) is 3.07. The topological polar surface area (TPSA) is 28.2 Å². The Morgan fingerprint density at radius 3 is 2.89 bits per heavy atom. The van der Waals surface area contributed by atoms with Gasteiger partial charge >= 0.3 is 0 Å². The van der Waals surface area contributed by atoms with Crippen LogP contribution in [0.3, 0.4) is 0 Å². The van der Waals surface area contributed by atoms with Gasteiger partial charge in [-0.15, -0.1) is 0 Å². The van der Waals surface area contributed by atoms with Crippen molar-refractivity contribution in [2.45, 2.75) is 19.3 Å². The molecule has 0 amide bonds. The number of hydrogen-bond acceptors (Lipinski definition) is 3. The lowest BCUT2D eigenvalue weighted by Gasteiger charge is -2.28. The van der Waals surface area contributed by atoms with Gasteiger partial charge < -0.3 is 10.2 Å². The van der Waals surface area contributed by atoms with E-state index in [1.165, 1.54) is 32.4 Å². The second kappa shape index (κ2) is 6.73. The summed E-state index contributed by atoms with van der Waals surface area (Å²) in [5.74, 6) is 1.73. The zero-order valence-electron chi connectivity index (χ0n) is 10.6. The Hall–Kier alpha value is -0.320. The molecule has 1 aliphatic rings. The van der Waals surface area contributed by atoms with E-state index in [1.807, 2.05) is 6.07 Å². The Labute approximate surface area is 122 Å². The number of rotatable bonds is 4. The van der Waals surface area contributed by atoms with Gasteiger partial charge in [0.05, 0.1) is 9.50 Å². The first kappa shape index (κ1) is 14.1. The minimum absolute atomic E-state index is 0.655. The van der Waals surface area contributed by atoms with Crippen LogP contribution in [-0.4, -0.2) is 36.6 Å². The Balaban J connectivity index is 1.75. The monoisotopic (exact) mass is 331 g/mol. The SMILES string of the molecule is CN1CCC(CCNc2ncc(Cl)cc2Br)CC1. The van der Waals surface area contributed by atoms with Gasteiger partial charge in [-0.1, -0.05) is 11.6 Å². The number of halogens is 2. The molecule has 18 heavy (non-hydrogen) atoms. The first-order valence-corrected chi connectivity index (χ1v) is 7.55. The summed E-state index contributed by atoms with van der Waals surface area (Å²) in [7, 11) is 2.20. The lowest BCUT2D eigenvalue weighted by molar-refractivity contribution is 0.215. The fraction of sp³-hybridized carbons (Fsp3) is 0.615. The van der Waals surface area contributed by atoms with Crippen molar-refractivity contribution in [1.82, 2.24) is 9.88 Å². The summed E-state index contributed by atoms with van der Waals surface area (Å²) in [4.78, 5) is 6.68. The summed E-state index contributed by atoms with van der Waals surface area (Å²) >= 11 is 9.33. The summed E-state index contributed by atoms with van der Waals surface area (Å²) < 4.78 is 0.929. The first-order valence-electron chi connectivity index (χ1n) is 6.38. The number of likely N-dealkylation sites (tertiary alicyclic amines) is 1. The van der Waals surface area contributed by atoms with E-state index in [0.717, 1.165) is 22.8 Å². The average Bonchev–Trinajstić information content (AvgIpc) is 2.34. The summed E-state index contributed by atoms with van der Waals surface area (Å²) in [6.45, 7) is 3.43. The Morgan fingerprint density at radius 1 is 1.50 bits per heavy atom. The molecule has 2 rings (SSSR count). The zero-order valence-corrected chi connectivity index (χ0v) is 13.0. The minimum Gasteiger partial charge on any atom is -0.369 e. The number of pyridine rings is 1. The van der Waals surface area contributed by atoms with Crippen LogP contribution in [0, 0.1) is 5.92 Å². The van der Waals surface area contributed by atoms with Crippen molar-refractivity contribution in [3.63, 3.8) is 0 Å². The molecule has 0 spiro atoms. The highest BCUT2D eigenvalue weighted by atomic mass is 79.9. The number of nitrogens with zero attached hydrogens (tertiary/aromatic N) is 2. The van der Waals surface area contributed by atoms with Crippen LogP contribution < -0.4 is 5.32 Å². The molecule has 1 aliphatic heterocycles. The average molecular weight is 333 g/mol. The van der Waals surface area contributed by atoms with Crippen LogP contribution in [-0.2, 0) is 0 Å². The van der Waals surface area contributed by atoms with Crippen LogP contribution in [0.2, 0.25) is 5.02 Å². The number of anilines is 1. The zero-order chi connectivity index (χ0) is 13.0. The molecule has 1 N–H and O–H groups in total. The van der Waals surface area contributed by atoms with Crippen LogP contribution in [0.15, 0.2) is 16.7 Å². The van der Waals surface area contributed by atoms with Crippen LogP contribution in [0.4, 0.5) is 5.82 Å². The predicted octanol–water partition coefficient (Wildman–Crippen LogP) is 3.64. The van der Waals surface area contributed by atoms with Crippen LogP contribution in [0.5, 0.6) is 0 Å². The second-order valence-corrected chi connectivity index (χ2v) is 6.24. The van der Waals surface area contributed by atoms with Crippen molar-refractivity contribution in [1.29, 1.82) is 0 Å². The van der Waals surface area contributed by atoms with Crippen molar-refractivity contribution >= 4 is 33.3 Å². The third-order valence-electron chi connectivity index (χ3n) is 3.49. The van der Waals surface area contributed by atoms with E-state index in [0.29, 0.717) is 5.02 Å². The quantitative estimate of drug-likeness (QED) is 0.912. The molecule has 0 atom stereocenters. The highest BCUT2D eigenvalue weighted by Gasteiger charge is 2.16. The molecule has 3 nitrogen and oxygen atoms in total. The Kier molecular flexibility index (Phi) is 5.27. The van der Waals surface area contributed by atoms with Gasteiger partial charge in [0.1, 0.15) is 5.82 Å². The third kappa shape index (κ3) is 4.11. The smallest absolute Gasteiger partial charge is 0.140 e.